The number of amides is 1. The van der Waals surface area contributed by atoms with Crippen molar-refractivity contribution in [1.29, 1.82) is 0 Å². The predicted molar refractivity (Wildman–Crippen MR) is 77.9 cm³/mol. The van der Waals surface area contributed by atoms with E-state index in [9.17, 15) is 4.79 Å². The first-order valence-corrected chi connectivity index (χ1v) is 7.24. The Morgan fingerprint density at radius 2 is 2.32 bits per heavy atom. The number of thiophene rings is 1. The van der Waals surface area contributed by atoms with Gasteiger partial charge in [0.25, 0.3) is 0 Å². The Labute approximate surface area is 118 Å². The summed E-state index contributed by atoms with van der Waals surface area (Å²) in [5.41, 5.74) is 0.938. The van der Waals surface area contributed by atoms with Gasteiger partial charge in [0.2, 0.25) is 5.91 Å². The molecule has 1 aromatic heterocycles. The van der Waals surface area contributed by atoms with Crippen molar-refractivity contribution in [3.05, 3.63) is 21.9 Å². The summed E-state index contributed by atoms with van der Waals surface area (Å²) in [6.45, 7) is 6.38. The van der Waals surface area contributed by atoms with Crippen molar-refractivity contribution >= 4 is 17.2 Å². The van der Waals surface area contributed by atoms with Crippen LogP contribution in [-0.2, 0) is 11.3 Å². The summed E-state index contributed by atoms with van der Waals surface area (Å²) in [7, 11) is 0. The van der Waals surface area contributed by atoms with Crippen molar-refractivity contribution in [2.45, 2.75) is 20.4 Å². The number of likely N-dealkylation sites (N-methyl/N-ethyl adjacent to an activating group) is 2. The Kier molecular flexibility index (Phi) is 7.19. The number of carbonyl (C=O) groups is 1. The Morgan fingerprint density at radius 1 is 1.53 bits per heavy atom. The van der Waals surface area contributed by atoms with E-state index in [1.807, 2.05) is 25.3 Å². The molecule has 19 heavy (non-hydrogen) atoms. The average molecular weight is 280 g/mol. The molecule has 4 nitrogen and oxygen atoms in total. The van der Waals surface area contributed by atoms with Gasteiger partial charge in [0.15, 0.2) is 0 Å². The number of hydrogen-bond acceptors (Lipinski definition) is 4. The minimum atomic E-state index is -0.133. The van der Waals surface area contributed by atoms with E-state index in [0.717, 1.165) is 17.0 Å². The Bertz CT molecular complexity index is 460. The zero-order valence-electron chi connectivity index (χ0n) is 11.4. The highest BCUT2D eigenvalue weighted by molar-refractivity contribution is 7.10. The summed E-state index contributed by atoms with van der Waals surface area (Å²) < 4.78 is 0. The van der Waals surface area contributed by atoms with E-state index >= 15 is 0 Å². The smallest absolute Gasteiger partial charge is 0.234 e. The van der Waals surface area contributed by atoms with Crippen LogP contribution in [0.4, 0.5) is 0 Å². The van der Waals surface area contributed by atoms with Gasteiger partial charge >= 0.3 is 0 Å². The molecular weight excluding hydrogens is 260 g/mol. The fourth-order valence-corrected chi connectivity index (χ4v) is 2.52. The van der Waals surface area contributed by atoms with Crippen LogP contribution in [0.2, 0.25) is 0 Å². The molecule has 0 aliphatic heterocycles. The van der Waals surface area contributed by atoms with Gasteiger partial charge in [-0.25, -0.2) is 0 Å². The zero-order valence-corrected chi connectivity index (χ0v) is 12.2. The number of carbonyl (C=O) groups excluding carboxylic acids is 1. The topological polar surface area (TPSA) is 52.6 Å². The average Bonchev–Trinajstić information content (AvgIpc) is 2.83. The molecule has 0 unspecified atom stereocenters. The molecule has 1 rings (SSSR count). The number of aliphatic hydroxyl groups is 1. The lowest BCUT2D eigenvalue weighted by molar-refractivity contribution is -0.122. The van der Waals surface area contributed by atoms with Gasteiger partial charge in [0.05, 0.1) is 6.54 Å². The predicted octanol–water partition coefficient (Wildman–Crippen LogP) is 1.05. The van der Waals surface area contributed by atoms with Gasteiger partial charge in [-0.3, -0.25) is 9.69 Å². The maximum atomic E-state index is 11.6. The van der Waals surface area contributed by atoms with E-state index in [2.05, 4.69) is 22.1 Å². The summed E-state index contributed by atoms with van der Waals surface area (Å²) in [6.07, 6.45) is 0. The quantitative estimate of drug-likeness (QED) is 0.766. The molecule has 0 aromatic carbocycles. The molecule has 0 atom stereocenters. The second-order valence-corrected chi connectivity index (χ2v) is 4.97. The van der Waals surface area contributed by atoms with Crippen molar-refractivity contribution < 1.29 is 9.90 Å². The molecule has 0 fully saturated rings. The largest absolute Gasteiger partial charge is 0.384 e. The summed E-state index contributed by atoms with van der Waals surface area (Å²) in [5, 5.41) is 13.5. The standard InChI is InChI=1S/C14H20N2O2S/c1-3-15-14(18)11-16(4-2)10-13-12(6-5-8-17)7-9-19-13/h7,9,17H,3-4,8,10-11H2,1-2H3,(H,15,18). The molecule has 2 N–H and O–H groups in total. The van der Waals surface area contributed by atoms with Crippen molar-refractivity contribution in [3.8, 4) is 11.8 Å². The molecule has 1 aromatic rings. The van der Waals surface area contributed by atoms with Crippen LogP contribution in [0.15, 0.2) is 11.4 Å². The number of hydrogen-bond donors (Lipinski definition) is 2. The number of aliphatic hydroxyl groups excluding tert-OH is 1. The normalized spacial score (nSPS) is 10.1. The SMILES string of the molecule is CCNC(=O)CN(CC)Cc1sccc1C#CCO. The monoisotopic (exact) mass is 280 g/mol. The maximum Gasteiger partial charge on any atom is 0.234 e. The minimum absolute atomic E-state index is 0.0453. The lowest BCUT2D eigenvalue weighted by Gasteiger charge is -2.19. The summed E-state index contributed by atoms with van der Waals surface area (Å²) in [4.78, 5) is 14.8. The molecular formula is C14H20N2O2S. The van der Waals surface area contributed by atoms with Crippen LogP contribution in [0.3, 0.4) is 0 Å². The highest BCUT2D eigenvalue weighted by Crippen LogP contribution is 2.18. The van der Waals surface area contributed by atoms with Crippen molar-refractivity contribution in [2.75, 3.05) is 26.2 Å². The third kappa shape index (κ3) is 5.43. The molecule has 0 bridgehead atoms. The maximum absolute atomic E-state index is 11.6. The molecule has 1 heterocycles. The lowest BCUT2D eigenvalue weighted by Crippen LogP contribution is -2.36. The van der Waals surface area contributed by atoms with Gasteiger partial charge in [-0.2, -0.15) is 0 Å². The molecule has 0 aliphatic carbocycles. The fraction of sp³-hybridized carbons (Fsp3) is 0.500. The van der Waals surface area contributed by atoms with Gasteiger partial charge in [-0.15, -0.1) is 11.3 Å². The first-order chi connectivity index (χ1) is 9.21. The zero-order chi connectivity index (χ0) is 14.1. The van der Waals surface area contributed by atoms with Crippen LogP contribution >= 0.6 is 11.3 Å². The molecule has 1 amide bonds. The number of nitrogens with zero attached hydrogens (tertiary/aromatic N) is 1. The molecule has 0 spiro atoms. The van der Waals surface area contributed by atoms with Gasteiger partial charge in [0, 0.05) is 23.5 Å². The van der Waals surface area contributed by atoms with Crippen LogP contribution in [0.5, 0.6) is 0 Å². The van der Waals surface area contributed by atoms with Gasteiger partial charge in [-0.1, -0.05) is 18.8 Å². The van der Waals surface area contributed by atoms with Crippen molar-refractivity contribution in [1.82, 2.24) is 10.2 Å². The number of rotatable bonds is 6. The van der Waals surface area contributed by atoms with Crippen LogP contribution in [-0.4, -0.2) is 42.2 Å². The molecule has 104 valence electrons. The summed E-state index contributed by atoms with van der Waals surface area (Å²) in [5.74, 6) is 5.64. The van der Waals surface area contributed by atoms with E-state index in [1.165, 1.54) is 0 Å². The van der Waals surface area contributed by atoms with Gasteiger partial charge in [-0.05, 0) is 24.9 Å². The highest BCUT2D eigenvalue weighted by Gasteiger charge is 2.11. The molecule has 0 saturated heterocycles. The van der Waals surface area contributed by atoms with E-state index in [0.29, 0.717) is 19.6 Å². The number of nitrogens with one attached hydrogen (secondary N) is 1. The van der Waals surface area contributed by atoms with Crippen LogP contribution in [0.1, 0.15) is 24.3 Å². The molecule has 0 saturated carbocycles. The fourth-order valence-electron chi connectivity index (χ4n) is 1.65. The van der Waals surface area contributed by atoms with E-state index in [4.69, 9.17) is 5.11 Å². The first kappa shape index (κ1) is 15.7. The van der Waals surface area contributed by atoms with E-state index in [-0.39, 0.29) is 12.5 Å². The van der Waals surface area contributed by atoms with Crippen LogP contribution in [0.25, 0.3) is 0 Å². The van der Waals surface area contributed by atoms with Crippen LogP contribution in [0, 0.1) is 11.8 Å². The lowest BCUT2D eigenvalue weighted by atomic mass is 10.2. The second-order valence-electron chi connectivity index (χ2n) is 3.97. The van der Waals surface area contributed by atoms with Crippen molar-refractivity contribution in [2.24, 2.45) is 0 Å². The third-order valence-electron chi connectivity index (χ3n) is 2.60. The summed E-state index contributed by atoms with van der Waals surface area (Å²) >= 11 is 1.63. The Hall–Kier alpha value is -1.35. The Balaban J connectivity index is 2.65. The Morgan fingerprint density at radius 3 is 2.95 bits per heavy atom. The summed E-state index contributed by atoms with van der Waals surface area (Å²) in [6, 6.07) is 1.95. The third-order valence-corrected chi connectivity index (χ3v) is 3.51. The van der Waals surface area contributed by atoms with Gasteiger partial charge in [0.1, 0.15) is 6.61 Å². The molecule has 5 heteroatoms. The molecule has 0 aliphatic rings. The minimum Gasteiger partial charge on any atom is -0.384 e. The molecule has 0 radical (unpaired) electrons. The second kappa shape index (κ2) is 8.70. The van der Waals surface area contributed by atoms with Gasteiger partial charge < -0.3 is 10.4 Å². The highest BCUT2D eigenvalue weighted by atomic mass is 32.1. The van der Waals surface area contributed by atoms with Crippen LogP contribution < -0.4 is 5.32 Å². The first-order valence-electron chi connectivity index (χ1n) is 6.36. The van der Waals surface area contributed by atoms with Crippen molar-refractivity contribution in [3.63, 3.8) is 0 Å². The van der Waals surface area contributed by atoms with E-state index in [1.54, 1.807) is 11.3 Å². The van der Waals surface area contributed by atoms with E-state index < -0.39 is 0 Å².